The molecule has 0 aliphatic heterocycles. The van der Waals surface area contributed by atoms with Gasteiger partial charge in [-0.2, -0.15) is 18.3 Å². The summed E-state index contributed by atoms with van der Waals surface area (Å²) in [5.41, 5.74) is -0.889. The Hall–Kier alpha value is -2.42. The average molecular weight is 333 g/mol. The molecule has 116 valence electrons. The third kappa shape index (κ3) is 3.25. The van der Waals surface area contributed by atoms with E-state index in [4.69, 9.17) is 11.6 Å². The van der Waals surface area contributed by atoms with Crippen molar-refractivity contribution in [3.05, 3.63) is 56.6 Å². The van der Waals surface area contributed by atoms with Gasteiger partial charge in [0.05, 0.1) is 27.4 Å². The van der Waals surface area contributed by atoms with Crippen molar-refractivity contribution in [3.8, 4) is 5.82 Å². The summed E-state index contributed by atoms with van der Waals surface area (Å²) in [6, 6.07) is 2.17. The van der Waals surface area contributed by atoms with E-state index in [1.165, 1.54) is 25.3 Å². The highest BCUT2D eigenvalue weighted by atomic mass is 35.5. The molecule has 0 atom stereocenters. The second-order valence-corrected chi connectivity index (χ2v) is 4.65. The molecule has 2 aromatic rings. The SMILES string of the molecule is C/C(=C/c1ccnn1-c1ncc(C(F)(F)F)cc1Cl)[N+](=O)[O-]. The summed E-state index contributed by atoms with van der Waals surface area (Å²) in [7, 11) is 0. The van der Waals surface area contributed by atoms with Crippen molar-refractivity contribution in [2.45, 2.75) is 13.1 Å². The largest absolute Gasteiger partial charge is 0.417 e. The van der Waals surface area contributed by atoms with E-state index in [1.54, 1.807) is 0 Å². The molecule has 0 saturated carbocycles. The van der Waals surface area contributed by atoms with Crippen molar-refractivity contribution in [1.29, 1.82) is 0 Å². The molecular weight excluding hydrogens is 325 g/mol. The van der Waals surface area contributed by atoms with Crippen molar-refractivity contribution < 1.29 is 18.1 Å². The predicted molar refractivity (Wildman–Crippen MR) is 72.0 cm³/mol. The maximum absolute atomic E-state index is 12.6. The highest BCUT2D eigenvalue weighted by Crippen LogP contribution is 2.32. The molecule has 0 bridgehead atoms. The maximum Gasteiger partial charge on any atom is 0.417 e. The molecule has 0 aromatic carbocycles. The van der Waals surface area contributed by atoms with Gasteiger partial charge in [0.2, 0.25) is 5.70 Å². The molecule has 0 saturated heterocycles. The lowest BCUT2D eigenvalue weighted by Crippen LogP contribution is -2.09. The highest BCUT2D eigenvalue weighted by molar-refractivity contribution is 6.32. The van der Waals surface area contributed by atoms with Crippen LogP contribution in [0.25, 0.3) is 11.9 Å². The molecule has 6 nitrogen and oxygen atoms in total. The molecule has 22 heavy (non-hydrogen) atoms. The molecule has 2 heterocycles. The van der Waals surface area contributed by atoms with Gasteiger partial charge in [0.1, 0.15) is 0 Å². The van der Waals surface area contributed by atoms with Crippen LogP contribution in [-0.2, 0) is 6.18 Å². The Bertz CT molecular complexity index is 755. The lowest BCUT2D eigenvalue weighted by Gasteiger charge is -2.10. The van der Waals surface area contributed by atoms with Gasteiger partial charge in [-0.3, -0.25) is 10.1 Å². The fourth-order valence-electron chi connectivity index (χ4n) is 1.61. The van der Waals surface area contributed by atoms with E-state index in [0.717, 1.165) is 10.7 Å². The molecule has 2 aromatic heterocycles. The van der Waals surface area contributed by atoms with Gasteiger partial charge in [-0.25, -0.2) is 9.67 Å². The second-order valence-electron chi connectivity index (χ2n) is 4.24. The third-order valence-electron chi connectivity index (χ3n) is 2.67. The minimum Gasteiger partial charge on any atom is -0.259 e. The lowest BCUT2D eigenvalue weighted by molar-refractivity contribution is -0.422. The quantitative estimate of drug-likeness (QED) is 0.636. The lowest BCUT2D eigenvalue weighted by atomic mass is 10.2. The molecule has 0 radical (unpaired) electrons. The van der Waals surface area contributed by atoms with Crippen LogP contribution in [0, 0.1) is 10.1 Å². The Labute approximate surface area is 127 Å². The average Bonchev–Trinajstić information content (AvgIpc) is 2.85. The zero-order valence-electron chi connectivity index (χ0n) is 11.0. The summed E-state index contributed by atoms with van der Waals surface area (Å²) >= 11 is 5.82. The van der Waals surface area contributed by atoms with Gasteiger partial charge in [-0.05, 0) is 12.1 Å². The third-order valence-corrected chi connectivity index (χ3v) is 2.94. The molecule has 0 fully saturated rings. The Morgan fingerprint density at radius 3 is 2.73 bits per heavy atom. The zero-order valence-corrected chi connectivity index (χ0v) is 11.8. The number of nitrogens with zero attached hydrogens (tertiary/aromatic N) is 4. The van der Waals surface area contributed by atoms with E-state index in [1.807, 2.05) is 0 Å². The van der Waals surface area contributed by atoms with Gasteiger partial charge < -0.3 is 0 Å². The zero-order chi connectivity index (χ0) is 16.5. The summed E-state index contributed by atoms with van der Waals surface area (Å²) in [6.45, 7) is 1.28. The number of nitro groups is 1. The van der Waals surface area contributed by atoms with Crippen molar-refractivity contribution in [2.75, 3.05) is 0 Å². The molecule has 0 amide bonds. The molecule has 0 aliphatic rings. The van der Waals surface area contributed by atoms with Gasteiger partial charge in [0.15, 0.2) is 5.82 Å². The second kappa shape index (κ2) is 5.76. The number of hydrogen-bond donors (Lipinski definition) is 0. The standard InChI is InChI=1S/C12H8ClF3N4O2/c1-7(20(21)22)4-9-2-3-18-19(9)11-10(13)5-8(6-17-11)12(14,15)16/h2-6H,1H3/b7-4-. The van der Waals surface area contributed by atoms with Gasteiger partial charge in [0, 0.05) is 19.2 Å². The van der Waals surface area contributed by atoms with E-state index in [0.29, 0.717) is 6.20 Å². The van der Waals surface area contributed by atoms with Crippen molar-refractivity contribution in [1.82, 2.24) is 14.8 Å². The first-order chi connectivity index (χ1) is 10.2. The summed E-state index contributed by atoms with van der Waals surface area (Å²) in [5, 5.41) is 14.2. The van der Waals surface area contributed by atoms with Gasteiger partial charge in [-0.15, -0.1) is 0 Å². The van der Waals surface area contributed by atoms with Crippen LogP contribution in [0.1, 0.15) is 18.2 Å². The maximum atomic E-state index is 12.6. The minimum atomic E-state index is -4.57. The monoisotopic (exact) mass is 332 g/mol. The smallest absolute Gasteiger partial charge is 0.259 e. The first-order valence-corrected chi connectivity index (χ1v) is 6.18. The van der Waals surface area contributed by atoms with Gasteiger partial charge in [-0.1, -0.05) is 11.6 Å². The number of pyridine rings is 1. The fraction of sp³-hybridized carbons (Fsp3) is 0.167. The van der Waals surface area contributed by atoms with Crippen molar-refractivity contribution in [3.63, 3.8) is 0 Å². The van der Waals surface area contributed by atoms with Crippen LogP contribution in [0.15, 0.2) is 30.2 Å². The Morgan fingerprint density at radius 2 is 2.18 bits per heavy atom. The number of halogens is 4. The van der Waals surface area contributed by atoms with Crippen LogP contribution in [-0.4, -0.2) is 19.7 Å². The Balaban J connectivity index is 2.49. The van der Waals surface area contributed by atoms with Crippen LogP contribution in [0.2, 0.25) is 5.02 Å². The van der Waals surface area contributed by atoms with Crippen molar-refractivity contribution >= 4 is 17.7 Å². The van der Waals surface area contributed by atoms with E-state index in [-0.39, 0.29) is 22.2 Å². The fourth-order valence-corrected chi connectivity index (χ4v) is 1.85. The van der Waals surface area contributed by atoms with Crippen LogP contribution in [0.5, 0.6) is 0 Å². The summed E-state index contributed by atoms with van der Waals surface area (Å²) in [4.78, 5) is 13.7. The number of allylic oxidation sites excluding steroid dienone is 1. The van der Waals surface area contributed by atoms with Crippen LogP contribution >= 0.6 is 11.6 Å². The molecule has 10 heteroatoms. The first-order valence-electron chi connectivity index (χ1n) is 5.80. The molecule has 0 unspecified atom stereocenters. The van der Waals surface area contributed by atoms with Gasteiger partial charge >= 0.3 is 6.18 Å². The predicted octanol–water partition coefficient (Wildman–Crippen LogP) is 3.58. The van der Waals surface area contributed by atoms with E-state index in [9.17, 15) is 23.3 Å². The van der Waals surface area contributed by atoms with Gasteiger partial charge in [0.25, 0.3) is 0 Å². The number of aromatic nitrogens is 3. The molecule has 0 spiro atoms. The van der Waals surface area contributed by atoms with Crippen molar-refractivity contribution in [2.24, 2.45) is 0 Å². The topological polar surface area (TPSA) is 73.8 Å². The van der Waals surface area contributed by atoms with Crippen LogP contribution in [0.4, 0.5) is 13.2 Å². The van der Waals surface area contributed by atoms with Crippen LogP contribution < -0.4 is 0 Å². The summed E-state index contributed by atoms with van der Waals surface area (Å²) in [6.07, 6.45) is -1.40. The molecule has 0 N–H and O–H groups in total. The highest BCUT2D eigenvalue weighted by Gasteiger charge is 2.31. The first kappa shape index (κ1) is 16.0. The van der Waals surface area contributed by atoms with E-state index < -0.39 is 16.7 Å². The number of rotatable bonds is 3. The summed E-state index contributed by atoms with van der Waals surface area (Å²) < 4.78 is 38.9. The molecule has 2 rings (SSSR count). The number of alkyl halides is 3. The van der Waals surface area contributed by atoms with Crippen LogP contribution in [0.3, 0.4) is 0 Å². The molecular formula is C12H8ClF3N4O2. The number of hydrogen-bond acceptors (Lipinski definition) is 4. The molecule has 0 aliphatic carbocycles. The summed E-state index contributed by atoms with van der Waals surface area (Å²) in [5.74, 6) is -0.0536. The normalized spacial score (nSPS) is 12.5. The Kier molecular flexibility index (Phi) is 4.18. The van der Waals surface area contributed by atoms with E-state index >= 15 is 0 Å². The Morgan fingerprint density at radius 1 is 1.50 bits per heavy atom. The van der Waals surface area contributed by atoms with E-state index in [2.05, 4.69) is 10.1 Å². The minimum absolute atomic E-state index is 0.0536.